The Morgan fingerprint density at radius 2 is 1.78 bits per heavy atom. The molecule has 1 aromatic rings. The molecule has 0 aromatic heterocycles. The molecule has 1 aromatic carbocycles. The molecule has 2 aliphatic rings. The van der Waals surface area contributed by atoms with Crippen molar-refractivity contribution in [3.05, 3.63) is 23.8 Å². The van der Waals surface area contributed by atoms with Crippen molar-refractivity contribution in [3.8, 4) is 11.5 Å². The molecule has 5 nitrogen and oxygen atoms in total. The maximum atomic E-state index is 12.4. The average Bonchev–Trinajstić information content (AvgIpc) is 2.84. The van der Waals surface area contributed by atoms with E-state index in [2.05, 4.69) is 4.90 Å². The lowest BCUT2D eigenvalue weighted by atomic mass is 10.2. The van der Waals surface area contributed by atoms with Crippen molar-refractivity contribution in [2.75, 3.05) is 39.9 Å². The van der Waals surface area contributed by atoms with Gasteiger partial charge in [-0.2, -0.15) is 0 Å². The summed E-state index contributed by atoms with van der Waals surface area (Å²) in [5.41, 5.74) is 1.14. The van der Waals surface area contributed by atoms with E-state index in [1.165, 1.54) is 12.8 Å². The zero-order chi connectivity index (χ0) is 16.1. The van der Waals surface area contributed by atoms with Crippen LogP contribution < -0.4 is 9.47 Å². The quantitative estimate of drug-likeness (QED) is 0.854. The Hall–Kier alpha value is -1.75. The lowest BCUT2D eigenvalue weighted by Crippen LogP contribution is -2.39. The predicted molar refractivity (Wildman–Crippen MR) is 88.8 cm³/mol. The van der Waals surface area contributed by atoms with Gasteiger partial charge in [-0.1, -0.05) is 18.9 Å². The summed E-state index contributed by atoms with van der Waals surface area (Å²) < 4.78 is 11.2. The highest BCUT2D eigenvalue weighted by molar-refractivity contribution is 5.78. The number of amides is 1. The first-order valence-electron chi connectivity index (χ1n) is 8.57. The first-order valence-corrected chi connectivity index (χ1v) is 8.57. The first kappa shape index (κ1) is 16.1. The lowest BCUT2D eigenvalue weighted by molar-refractivity contribution is -0.132. The van der Waals surface area contributed by atoms with Crippen LogP contribution in [0.1, 0.15) is 31.2 Å². The number of hydrogen-bond donors (Lipinski definition) is 0. The van der Waals surface area contributed by atoms with Gasteiger partial charge < -0.3 is 14.4 Å². The van der Waals surface area contributed by atoms with E-state index in [0.717, 1.165) is 49.5 Å². The molecule has 1 saturated heterocycles. The maximum Gasteiger partial charge on any atom is 0.236 e. The zero-order valence-electron chi connectivity index (χ0n) is 13.9. The standard InChI is InChI=1S/C18H26N2O3/c1-19(14-18(21)20-8-4-2-3-5-9-20)13-15-6-7-16-17(12-15)23-11-10-22-16/h6-7,12H,2-5,8-11,13-14H2,1H3. The van der Waals surface area contributed by atoms with E-state index >= 15 is 0 Å². The summed E-state index contributed by atoms with van der Waals surface area (Å²) in [7, 11) is 1.99. The van der Waals surface area contributed by atoms with Gasteiger partial charge in [-0.05, 0) is 37.6 Å². The molecule has 0 spiro atoms. The number of likely N-dealkylation sites (N-methyl/N-ethyl adjacent to an activating group) is 1. The second-order valence-corrected chi connectivity index (χ2v) is 6.45. The highest BCUT2D eigenvalue weighted by atomic mass is 16.6. The molecule has 1 amide bonds. The molecule has 1 fully saturated rings. The van der Waals surface area contributed by atoms with E-state index in [4.69, 9.17) is 9.47 Å². The minimum absolute atomic E-state index is 0.243. The first-order chi connectivity index (χ1) is 11.2. The molecule has 0 radical (unpaired) electrons. The normalized spacial score (nSPS) is 17.9. The number of rotatable bonds is 4. The molecule has 0 aliphatic carbocycles. The molecule has 0 unspecified atom stereocenters. The van der Waals surface area contributed by atoms with Crippen molar-refractivity contribution in [2.45, 2.75) is 32.2 Å². The minimum atomic E-state index is 0.243. The molecule has 0 saturated carbocycles. The van der Waals surface area contributed by atoms with Crippen LogP contribution in [0.4, 0.5) is 0 Å². The van der Waals surface area contributed by atoms with E-state index in [9.17, 15) is 4.79 Å². The molecule has 2 aliphatic heterocycles. The van der Waals surface area contributed by atoms with Crippen LogP contribution >= 0.6 is 0 Å². The van der Waals surface area contributed by atoms with E-state index in [-0.39, 0.29) is 5.91 Å². The summed E-state index contributed by atoms with van der Waals surface area (Å²) in [4.78, 5) is 16.5. The largest absolute Gasteiger partial charge is 0.486 e. The fraction of sp³-hybridized carbons (Fsp3) is 0.611. The summed E-state index contributed by atoms with van der Waals surface area (Å²) in [5, 5.41) is 0. The number of nitrogens with zero attached hydrogens (tertiary/aromatic N) is 2. The molecule has 5 heteroatoms. The summed E-state index contributed by atoms with van der Waals surface area (Å²) in [6.07, 6.45) is 4.77. The minimum Gasteiger partial charge on any atom is -0.486 e. The van der Waals surface area contributed by atoms with Crippen molar-refractivity contribution in [1.82, 2.24) is 9.80 Å². The van der Waals surface area contributed by atoms with Gasteiger partial charge in [0.1, 0.15) is 13.2 Å². The third-order valence-electron chi connectivity index (χ3n) is 4.42. The highest BCUT2D eigenvalue weighted by Crippen LogP contribution is 2.31. The van der Waals surface area contributed by atoms with Gasteiger partial charge in [0.15, 0.2) is 11.5 Å². The van der Waals surface area contributed by atoms with Crippen LogP contribution in [0.25, 0.3) is 0 Å². The van der Waals surface area contributed by atoms with Crippen LogP contribution in [0.3, 0.4) is 0 Å². The monoisotopic (exact) mass is 318 g/mol. The molecule has 3 rings (SSSR count). The zero-order valence-corrected chi connectivity index (χ0v) is 13.9. The van der Waals surface area contributed by atoms with Gasteiger partial charge in [-0.15, -0.1) is 0 Å². The van der Waals surface area contributed by atoms with E-state index < -0.39 is 0 Å². The topological polar surface area (TPSA) is 42.0 Å². The molecular formula is C18H26N2O3. The lowest BCUT2D eigenvalue weighted by Gasteiger charge is -2.24. The van der Waals surface area contributed by atoms with Gasteiger partial charge >= 0.3 is 0 Å². The molecule has 0 bridgehead atoms. The van der Waals surface area contributed by atoms with Gasteiger partial charge in [0.25, 0.3) is 0 Å². The SMILES string of the molecule is CN(CC(=O)N1CCCCCC1)Cc1ccc2c(c1)OCCO2. The molecular weight excluding hydrogens is 292 g/mol. The third-order valence-corrected chi connectivity index (χ3v) is 4.42. The van der Waals surface area contributed by atoms with Gasteiger partial charge in [0.05, 0.1) is 6.54 Å². The van der Waals surface area contributed by atoms with E-state index in [1.807, 2.05) is 30.1 Å². The summed E-state index contributed by atoms with van der Waals surface area (Å²) in [6.45, 7) is 4.23. The summed E-state index contributed by atoms with van der Waals surface area (Å²) in [6, 6.07) is 6.01. The number of ether oxygens (including phenoxy) is 2. The van der Waals surface area contributed by atoms with Crippen molar-refractivity contribution < 1.29 is 14.3 Å². The fourth-order valence-electron chi connectivity index (χ4n) is 3.20. The van der Waals surface area contributed by atoms with Crippen LogP contribution in [-0.4, -0.2) is 55.6 Å². The highest BCUT2D eigenvalue weighted by Gasteiger charge is 2.18. The second-order valence-electron chi connectivity index (χ2n) is 6.45. The van der Waals surface area contributed by atoms with Crippen LogP contribution in [-0.2, 0) is 11.3 Å². The average molecular weight is 318 g/mol. The van der Waals surface area contributed by atoms with E-state index in [1.54, 1.807) is 0 Å². The number of fused-ring (bicyclic) bond motifs is 1. The molecule has 0 N–H and O–H groups in total. The predicted octanol–water partition coefficient (Wildman–Crippen LogP) is 2.29. The van der Waals surface area contributed by atoms with Crippen LogP contribution in [0.5, 0.6) is 11.5 Å². The fourth-order valence-corrected chi connectivity index (χ4v) is 3.20. The van der Waals surface area contributed by atoms with Gasteiger partial charge in [-0.25, -0.2) is 0 Å². The molecule has 2 heterocycles. The van der Waals surface area contributed by atoms with E-state index in [0.29, 0.717) is 19.8 Å². The summed E-state index contributed by atoms with van der Waals surface area (Å²) in [5.74, 6) is 1.86. The third kappa shape index (κ3) is 4.38. The Morgan fingerprint density at radius 1 is 1.09 bits per heavy atom. The smallest absolute Gasteiger partial charge is 0.236 e. The van der Waals surface area contributed by atoms with Gasteiger partial charge in [0, 0.05) is 19.6 Å². The van der Waals surface area contributed by atoms with Crippen molar-refractivity contribution in [3.63, 3.8) is 0 Å². The number of likely N-dealkylation sites (tertiary alicyclic amines) is 1. The number of hydrogen-bond acceptors (Lipinski definition) is 4. The van der Waals surface area contributed by atoms with Crippen molar-refractivity contribution >= 4 is 5.91 Å². The second kappa shape index (κ2) is 7.68. The molecule has 126 valence electrons. The van der Waals surface area contributed by atoms with Gasteiger partial charge in [0.2, 0.25) is 5.91 Å². The van der Waals surface area contributed by atoms with Crippen molar-refractivity contribution in [2.24, 2.45) is 0 Å². The summed E-state index contributed by atoms with van der Waals surface area (Å²) >= 11 is 0. The maximum absolute atomic E-state index is 12.4. The number of benzene rings is 1. The number of carbonyl (C=O) groups excluding carboxylic acids is 1. The van der Waals surface area contributed by atoms with Crippen LogP contribution in [0.2, 0.25) is 0 Å². The Labute approximate surface area is 138 Å². The van der Waals surface area contributed by atoms with Crippen LogP contribution in [0.15, 0.2) is 18.2 Å². The van der Waals surface area contributed by atoms with Gasteiger partial charge in [-0.3, -0.25) is 9.69 Å². The van der Waals surface area contributed by atoms with Crippen molar-refractivity contribution in [1.29, 1.82) is 0 Å². The Morgan fingerprint density at radius 3 is 2.52 bits per heavy atom. The molecule has 0 atom stereocenters. The van der Waals surface area contributed by atoms with Crippen LogP contribution in [0, 0.1) is 0 Å². The Bertz CT molecular complexity index is 539. The Kier molecular flexibility index (Phi) is 5.39. The number of carbonyl (C=O) groups is 1. The Balaban J connectivity index is 1.54. The molecule has 23 heavy (non-hydrogen) atoms.